The highest BCUT2D eigenvalue weighted by molar-refractivity contribution is 5.68. The molecule has 0 aromatic carbocycles. The van der Waals surface area contributed by atoms with Gasteiger partial charge in [-0.1, -0.05) is 0 Å². The zero-order valence-corrected chi connectivity index (χ0v) is 13.4. The average molecular weight is 304 g/mol. The second kappa shape index (κ2) is 6.13. The molecular weight excluding hydrogens is 284 g/mol. The monoisotopic (exact) mass is 304 g/mol. The van der Waals surface area contributed by atoms with Crippen molar-refractivity contribution in [1.29, 1.82) is 0 Å². The average Bonchev–Trinajstić information content (AvgIpc) is 2.83. The summed E-state index contributed by atoms with van der Waals surface area (Å²) in [7, 11) is 0. The van der Waals surface area contributed by atoms with Crippen LogP contribution >= 0.6 is 0 Å². The van der Waals surface area contributed by atoms with Gasteiger partial charge in [-0.05, 0) is 33.8 Å². The Bertz CT molecular complexity index is 661. The predicted octanol–water partition coefficient (Wildman–Crippen LogP) is 3.03. The van der Waals surface area contributed by atoms with Crippen LogP contribution in [0.15, 0.2) is 22.9 Å². The van der Waals surface area contributed by atoms with Gasteiger partial charge in [0.05, 0.1) is 5.56 Å². The minimum absolute atomic E-state index is 0.349. The first-order valence-electron chi connectivity index (χ1n) is 6.99. The normalized spacial score (nSPS) is 12.8. The fourth-order valence-electron chi connectivity index (χ4n) is 1.77. The first-order chi connectivity index (χ1) is 10.2. The van der Waals surface area contributed by atoms with Crippen molar-refractivity contribution in [2.45, 2.75) is 46.3 Å². The van der Waals surface area contributed by atoms with Gasteiger partial charge >= 0.3 is 6.09 Å². The number of alkyl carbamates (subject to hydrolysis) is 1. The third-order valence-electron chi connectivity index (χ3n) is 2.76. The molecule has 118 valence electrons. The van der Waals surface area contributed by atoms with Gasteiger partial charge in [0.2, 0.25) is 11.8 Å². The van der Waals surface area contributed by atoms with E-state index in [9.17, 15) is 4.79 Å². The van der Waals surface area contributed by atoms with Crippen LogP contribution in [0.1, 0.15) is 45.3 Å². The van der Waals surface area contributed by atoms with Crippen LogP contribution in [0.2, 0.25) is 0 Å². The van der Waals surface area contributed by atoms with Crippen molar-refractivity contribution in [3.8, 4) is 11.5 Å². The summed E-state index contributed by atoms with van der Waals surface area (Å²) in [5.74, 6) is 0.868. The standard InChI is InChI=1S/C15H20N4O3/c1-9(21-14(20)17-15(3,4)5)11-6-12(8-16-7-11)13-19-18-10(2)22-13/h6-9H,1-5H3,(H,17,20). The lowest BCUT2D eigenvalue weighted by atomic mass is 10.1. The molecule has 2 aromatic rings. The Kier molecular flexibility index (Phi) is 4.44. The van der Waals surface area contributed by atoms with Crippen LogP contribution in [-0.4, -0.2) is 26.8 Å². The minimum atomic E-state index is -0.473. The number of hydrogen-bond acceptors (Lipinski definition) is 6. The smallest absolute Gasteiger partial charge is 0.408 e. The van der Waals surface area contributed by atoms with E-state index in [0.29, 0.717) is 17.3 Å². The molecule has 0 saturated heterocycles. The maximum Gasteiger partial charge on any atom is 0.408 e. The van der Waals surface area contributed by atoms with Crippen LogP contribution < -0.4 is 5.32 Å². The lowest BCUT2D eigenvalue weighted by Gasteiger charge is -2.22. The summed E-state index contributed by atoms with van der Waals surface area (Å²) in [6.45, 7) is 9.16. The number of nitrogens with zero attached hydrogens (tertiary/aromatic N) is 3. The number of carbonyl (C=O) groups is 1. The molecule has 1 unspecified atom stereocenters. The van der Waals surface area contributed by atoms with Gasteiger partial charge in [0.25, 0.3) is 0 Å². The maximum atomic E-state index is 11.8. The van der Waals surface area contributed by atoms with E-state index in [-0.39, 0.29) is 5.54 Å². The molecule has 0 radical (unpaired) electrons. The summed E-state index contributed by atoms with van der Waals surface area (Å²) in [5.41, 5.74) is 1.08. The molecule has 22 heavy (non-hydrogen) atoms. The van der Waals surface area contributed by atoms with Crippen molar-refractivity contribution in [1.82, 2.24) is 20.5 Å². The summed E-state index contributed by atoms with van der Waals surface area (Å²) in [6.07, 6.45) is 2.35. The maximum absolute atomic E-state index is 11.8. The van der Waals surface area contributed by atoms with E-state index in [1.54, 1.807) is 26.2 Å². The van der Waals surface area contributed by atoms with E-state index in [4.69, 9.17) is 9.15 Å². The quantitative estimate of drug-likeness (QED) is 0.937. The fraction of sp³-hybridized carbons (Fsp3) is 0.467. The molecule has 0 aliphatic rings. The van der Waals surface area contributed by atoms with Gasteiger partial charge in [0, 0.05) is 30.4 Å². The molecule has 2 rings (SSSR count). The zero-order valence-electron chi connectivity index (χ0n) is 13.4. The van der Waals surface area contributed by atoms with Crippen LogP contribution in [0, 0.1) is 6.92 Å². The SMILES string of the molecule is Cc1nnc(-c2cncc(C(C)OC(=O)NC(C)(C)C)c2)o1. The van der Waals surface area contributed by atoms with Gasteiger partial charge in [-0.25, -0.2) is 4.79 Å². The number of amides is 1. The van der Waals surface area contributed by atoms with Crippen LogP contribution in [-0.2, 0) is 4.74 Å². The first kappa shape index (κ1) is 15.9. The molecule has 7 nitrogen and oxygen atoms in total. The summed E-state index contributed by atoms with van der Waals surface area (Å²) in [5, 5.41) is 10.5. The topological polar surface area (TPSA) is 90.1 Å². The van der Waals surface area contributed by atoms with E-state index in [0.717, 1.165) is 5.56 Å². The fourth-order valence-corrected chi connectivity index (χ4v) is 1.77. The van der Waals surface area contributed by atoms with Crippen molar-refractivity contribution in [2.75, 3.05) is 0 Å². The molecule has 2 aromatic heterocycles. The highest BCUT2D eigenvalue weighted by atomic mass is 16.6. The third kappa shape index (κ3) is 4.28. The molecule has 0 fully saturated rings. The van der Waals surface area contributed by atoms with Gasteiger partial charge in [0.1, 0.15) is 6.10 Å². The van der Waals surface area contributed by atoms with Gasteiger partial charge in [0.15, 0.2) is 0 Å². The van der Waals surface area contributed by atoms with Crippen LogP contribution in [0.4, 0.5) is 4.79 Å². The number of hydrogen-bond donors (Lipinski definition) is 1. The summed E-state index contributed by atoms with van der Waals surface area (Å²) in [4.78, 5) is 15.9. The number of ether oxygens (including phenoxy) is 1. The number of aryl methyl sites for hydroxylation is 1. The lowest BCUT2D eigenvalue weighted by Crippen LogP contribution is -2.41. The van der Waals surface area contributed by atoms with Gasteiger partial charge in [-0.15, -0.1) is 10.2 Å². The third-order valence-corrected chi connectivity index (χ3v) is 2.76. The van der Waals surface area contributed by atoms with E-state index >= 15 is 0 Å². The molecule has 1 N–H and O–H groups in total. The zero-order chi connectivity index (χ0) is 16.3. The Morgan fingerprint density at radius 2 is 2.05 bits per heavy atom. The lowest BCUT2D eigenvalue weighted by molar-refractivity contribution is 0.0999. The molecule has 0 aliphatic carbocycles. The van der Waals surface area contributed by atoms with Crippen molar-refractivity contribution in [2.24, 2.45) is 0 Å². The molecule has 2 heterocycles. The number of rotatable bonds is 3. The second-order valence-corrected chi connectivity index (χ2v) is 6.06. The van der Waals surface area contributed by atoms with Crippen molar-refractivity contribution in [3.05, 3.63) is 29.9 Å². The molecule has 0 bridgehead atoms. The Morgan fingerprint density at radius 1 is 1.32 bits per heavy atom. The molecule has 1 amide bonds. The second-order valence-electron chi connectivity index (χ2n) is 6.06. The van der Waals surface area contributed by atoms with E-state index < -0.39 is 12.2 Å². The largest absolute Gasteiger partial charge is 0.442 e. The van der Waals surface area contributed by atoms with Crippen molar-refractivity contribution < 1.29 is 13.9 Å². The number of nitrogens with one attached hydrogen (secondary N) is 1. The number of aromatic nitrogens is 3. The molecule has 7 heteroatoms. The van der Waals surface area contributed by atoms with Crippen LogP contribution in [0.25, 0.3) is 11.5 Å². The molecule has 1 atom stereocenters. The Hall–Kier alpha value is -2.44. The Balaban J connectivity index is 2.10. The number of pyridine rings is 1. The molecule has 0 saturated carbocycles. The summed E-state index contributed by atoms with van der Waals surface area (Å²) < 4.78 is 10.7. The molecule has 0 aliphatic heterocycles. The van der Waals surface area contributed by atoms with E-state index in [1.807, 2.05) is 26.8 Å². The van der Waals surface area contributed by atoms with Crippen molar-refractivity contribution >= 4 is 6.09 Å². The summed E-state index contributed by atoms with van der Waals surface area (Å²) in [6, 6.07) is 1.81. The molecular formula is C15H20N4O3. The van der Waals surface area contributed by atoms with Crippen LogP contribution in [0.5, 0.6) is 0 Å². The van der Waals surface area contributed by atoms with Gasteiger partial charge in [-0.2, -0.15) is 0 Å². The highest BCUT2D eigenvalue weighted by Crippen LogP contribution is 2.23. The van der Waals surface area contributed by atoms with E-state index in [2.05, 4.69) is 20.5 Å². The van der Waals surface area contributed by atoms with Gasteiger partial charge < -0.3 is 14.5 Å². The van der Waals surface area contributed by atoms with E-state index in [1.165, 1.54) is 0 Å². The Labute approximate surface area is 129 Å². The predicted molar refractivity (Wildman–Crippen MR) is 80.1 cm³/mol. The first-order valence-corrected chi connectivity index (χ1v) is 6.99. The minimum Gasteiger partial charge on any atom is -0.442 e. The van der Waals surface area contributed by atoms with Gasteiger partial charge in [-0.3, -0.25) is 4.98 Å². The number of carbonyl (C=O) groups excluding carboxylic acids is 1. The Morgan fingerprint density at radius 3 is 2.64 bits per heavy atom. The highest BCUT2D eigenvalue weighted by Gasteiger charge is 2.18. The van der Waals surface area contributed by atoms with Crippen molar-refractivity contribution in [3.63, 3.8) is 0 Å². The molecule has 0 spiro atoms. The van der Waals surface area contributed by atoms with Crippen LogP contribution in [0.3, 0.4) is 0 Å². The summed E-state index contributed by atoms with van der Waals surface area (Å²) >= 11 is 0.